The third-order valence-electron chi connectivity index (χ3n) is 5.12. The summed E-state index contributed by atoms with van der Waals surface area (Å²) in [4.78, 5) is 37.4. The van der Waals surface area contributed by atoms with Gasteiger partial charge in [-0.1, -0.05) is 20.8 Å². The first-order chi connectivity index (χ1) is 13.0. The zero-order valence-corrected chi connectivity index (χ0v) is 18.9. The van der Waals surface area contributed by atoms with Gasteiger partial charge in [-0.2, -0.15) is 0 Å². The molecule has 3 atom stereocenters. The fraction of sp³-hybridized carbons (Fsp3) is 0.857. The fourth-order valence-corrected chi connectivity index (χ4v) is 3.94. The molecule has 1 aliphatic rings. The van der Waals surface area contributed by atoms with Crippen molar-refractivity contribution < 1.29 is 34.1 Å². The van der Waals surface area contributed by atoms with Gasteiger partial charge in [0.15, 0.2) is 0 Å². The van der Waals surface area contributed by atoms with Crippen molar-refractivity contribution in [3.05, 3.63) is 0 Å². The van der Waals surface area contributed by atoms with E-state index in [2.05, 4.69) is 0 Å². The third-order valence-corrected chi connectivity index (χ3v) is 5.12. The number of aliphatic carboxylic acids is 2. The van der Waals surface area contributed by atoms with E-state index in [1.54, 1.807) is 41.5 Å². The number of amides is 1. The largest absolute Gasteiger partial charge is 0.481 e. The topological polar surface area (TPSA) is 113 Å². The van der Waals surface area contributed by atoms with Gasteiger partial charge in [-0.05, 0) is 59.3 Å². The maximum Gasteiger partial charge on any atom is 0.412 e. The molecule has 1 aliphatic heterocycles. The van der Waals surface area contributed by atoms with Gasteiger partial charge in [-0.3, -0.25) is 14.5 Å². The number of ether oxygens (including phenoxy) is 2. The molecule has 2 N–H and O–H groups in total. The summed E-state index contributed by atoms with van der Waals surface area (Å²) in [6, 6.07) is -0.498. The average molecular weight is 416 g/mol. The summed E-state index contributed by atoms with van der Waals surface area (Å²) >= 11 is 0. The van der Waals surface area contributed by atoms with Crippen molar-refractivity contribution in [3.8, 4) is 0 Å². The minimum Gasteiger partial charge on any atom is -0.481 e. The molecule has 1 rings (SSSR count). The molecule has 29 heavy (non-hydrogen) atoms. The Labute approximate surface area is 173 Å². The molecule has 0 spiro atoms. The Bertz CT molecular complexity index is 621. The molecular weight excluding hydrogens is 378 g/mol. The van der Waals surface area contributed by atoms with Crippen LogP contribution in [0.15, 0.2) is 0 Å². The lowest BCUT2D eigenvalue weighted by Crippen LogP contribution is -2.51. The number of hydrogen-bond donors (Lipinski definition) is 2. The summed E-state index contributed by atoms with van der Waals surface area (Å²) in [6.07, 6.45) is -0.135. The molecule has 168 valence electrons. The van der Waals surface area contributed by atoms with Gasteiger partial charge in [-0.25, -0.2) is 4.79 Å². The highest BCUT2D eigenvalue weighted by Gasteiger charge is 2.53. The van der Waals surface area contributed by atoms with Crippen molar-refractivity contribution in [2.45, 2.75) is 105 Å². The van der Waals surface area contributed by atoms with Crippen molar-refractivity contribution in [2.75, 3.05) is 0 Å². The van der Waals surface area contributed by atoms with Crippen molar-refractivity contribution in [1.29, 1.82) is 0 Å². The summed E-state index contributed by atoms with van der Waals surface area (Å²) in [5.41, 5.74) is -2.34. The third kappa shape index (κ3) is 7.17. The number of carbonyl (C=O) groups is 3. The van der Waals surface area contributed by atoms with Gasteiger partial charge in [0.25, 0.3) is 0 Å². The molecule has 0 aromatic heterocycles. The predicted molar refractivity (Wildman–Crippen MR) is 107 cm³/mol. The van der Waals surface area contributed by atoms with Crippen LogP contribution in [0.4, 0.5) is 4.79 Å². The molecule has 0 bridgehead atoms. The van der Waals surface area contributed by atoms with E-state index in [1.807, 2.05) is 13.8 Å². The molecule has 8 heteroatoms. The number of nitrogens with zero attached hydrogens (tertiary/aromatic N) is 1. The van der Waals surface area contributed by atoms with Crippen LogP contribution in [0.1, 0.15) is 81.1 Å². The molecule has 0 aromatic carbocycles. The standard InChI is InChI=1S/C21H37NO7/c1-9-13(17(25)26)10-15-14(11-20(5,6)12-16(23)24)22(21(7,8)28-15)18(27)29-19(2,3)4/h13-15H,9-12H2,1-8H3,(H,23,24)(H,25,26)/t13-,14+,15+/m1/s1. The lowest BCUT2D eigenvalue weighted by Gasteiger charge is -2.38. The molecule has 1 heterocycles. The first-order valence-electron chi connectivity index (χ1n) is 10.1. The summed E-state index contributed by atoms with van der Waals surface area (Å²) < 4.78 is 11.7. The van der Waals surface area contributed by atoms with Crippen LogP contribution in [0, 0.1) is 11.3 Å². The first-order valence-corrected chi connectivity index (χ1v) is 10.1. The van der Waals surface area contributed by atoms with E-state index in [-0.39, 0.29) is 12.8 Å². The number of rotatable bonds is 8. The van der Waals surface area contributed by atoms with E-state index in [9.17, 15) is 24.6 Å². The zero-order chi connectivity index (χ0) is 22.8. The molecule has 8 nitrogen and oxygen atoms in total. The van der Waals surface area contributed by atoms with Gasteiger partial charge in [0, 0.05) is 0 Å². The Balaban J connectivity index is 3.28. The van der Waals surface area contributed by atoms with E-state index in [0.29, 0.717) is 12.8 Å². The van der Waals surface area contributed by atoms with Gasteiger partial charge in [0.05, 0.1) is 24.5 Å². The number of carbonyl (C=O) groups excluding carboxylic acids is 1. The molecule has 0 aliphatic carbocycles. The molecular formula is C21H37NO7. The van der Waals surface area contributed by atoms with Crippen LogP contribution in [0.2, 0.25) is 0 Å². The minimum atomic E-state index is -1.01. The van der Waals surface area contributed by atoms with E-state index in [1.165, 1.54) is 4.90 Å². The monoisotopic (exact) mass is 415 g/mol. The van der Waals surface area contributed by atoms with Crippen molar-refractivity contribution in [1.82, 2.24) is 4.90 Å². The SMILES string of the molecule is CC[C@H](C[C@@H]1OC(C)(C)N(C(=O)OC(C)(C)C)[C@H]1CC(C)(C)CC(=O)O)C(=O)O. The zero-order valence-electron chi connectivity index (χ0n) is 18.9. The van der Waals surface area contributed by atoms with E-state index in [4.69, 9.17) is 9.47 Å². The molecule has 1 amide bonds. The van der Waals surface area contributed by atoms with Crippen LogP contribution >= 0.6 is 0 Å². The molecule has 1 saturated heterocycles. The Kier molecular flexibility index (Phi) is 7.73. The number of carboxylic acids is 2. The van der Waals surface area contributed by atoms with Crippen LogP contribution in [-0.4, -0.2) is 56.6 Å². The van der Waals surface area contributed by atoms with Crippen LogP contribution in [0.3, 0.4) is 0 Å². The fourth-order valence-electron chi connectivity index (χ4n) is 3.94. The predicted octanol–water partition coefficient (Wildman–Crippen LogP) is 4.12. The van der Waals surface area contributed by atoms with Crippen molar-refractivity contribution in [3.63, 3.8) is 0 Å². The van der Waals surface area contributed by atoms with Gasteiger partial charge in [0.1, 0.15) is 11.3 Å². The van der Waals surface area contributed by atoms with E-state index >= 15 is 0 Å². The quantitative estimate of drug-likeness (QED) is 0.613. The van der Waals surface area contributed by atoms with Gasteiger partial charge >= 0.3 is 18.0 Å². The summed E-state index contributed by atoms with van der Waals surface area (Å²) in [5.74, 6) is -2.45. The maximum atomic E-state index is 13.0. The molecule has 0 aromatic rings. The lowest BCUT2D eigenvalue weighted by atomic mass is 9.79. The first kappa shape index (κ1) is 25.2. The molecule has 0 unspecified atom stereocenters. The van der Waals surface area contributed by atoms with Crippen LogP contribution in [0.5, 0.6) is 0 Å². The molecule has 0 radical (unpaired) electrons. The van der Waals surface area contributed by atoms with Crippen molar-refractivity contribution in [2.24, 2.45) is 11.3 Å². The second-order valence-corrected chi connectivity index (χ2v) is 10.1. The van der Waals surface area contributed by atoms with Gasteiger partial charge in [-0.15, -0.1) is 0 Å². The highest BCUT2D eigenvalue weighted by Crippen LogP contribution is 2.42. The second-order valence-electron chi connectivity index (χ2n) is 10.1. The number of hydrogen-bond acceptors (Lipinski definition) is 5. The second kappa shape index (κ2) is 8.90. The van der Waals surface area contributed by atoms with E-state index in [0.717, 1.165) is 0 Å². The Morgan fingerprint density at radius 1 is 1.14 bits per heavy atom. The van der Waals surface area contributed by atoms with E-state index < -0.39 is 52.8 Å². The number of carboxylic acid groups (broad SMARTS) is 2. The van der Waals surface area contributed by atoms with Gasteiger partial charge < -0.3 is 19.7 Å². The summed E-state index contributed by atoms with van der Waals surface area (Å²) in [5, 5.41) is 18.8. The molecule has 1 fully saturated rings. The Morgan fingerprint density at radius 3 is 2.10 bits per heavy atom. The lowest BCUT2D eigenvalue weighted by molar-refractivity contribution is -0.144. The Hall–Kier alpha value is -1.83. The highest BCUT2D eigenvalue weighted by atomic mass is 16.6. The van der Waals surface area contributed by atoms with Crippen LogP contribution < -0.4 is 0 Å². The van der Waals surface area contributed by atoms with Crippen molar-refractivity contribution >= 4 is 18.0 Å². The van der Waals surface area contributed by atoms with Gasteiger partial charge in [0.2, 0.25) is 0 Å². The molecule has 0 saturated carbocycles. The smallest absolute Gasteiger partial charge is 0.412 e. The summed E-state index contributed by atoms with van der Waals surface area (Å²) in [7, 11) is 0. The maximum absolute atomic E-state index is 13.0. The Morgan fingerprint density at radius 2 is 1.69 bits per heavy atom. The average Bonchev–Trinajstić information content (AvgIpc) is 2.70. The normalized spacial score (nSPS) is 23.0. The van der Waals surface area contributed by atoms with Crippen LogP contribution in [0.25, 0.3) is 0 Å². The minimum absolute atomic E-state index is 0.0745. The summed E-state index contributed by atoms with van der Waals surface area (Å²) in [6.45, 7) is 14.3. The van der Waals surface area contributed by atoms with Crippen LogP contribution in [-0.2, 0) is 19.1 Å². The highest BCUT2D eigenvalue weighted by molar-refractivity contribution is 5.71.